The summed E-state index contributed by atoms with van der Waals surface area (Å²) in [6.45, 7) is 1.02. The third kappa shape index (κ3) is 3.08. The Morgan fingerprint density at radius 3 is 2.64 bits per heavy atom. The monoisotopic (exact) mass is 315 g/mol. The molecule has 1 heterocycles. The van der Waals surface area contributed by atoms with Crippen molar-refractivity contribution in [3.63, 3.8) is 0 Å². The Balaban J connectivity index is 2.19. The number of carbonyl (C=O) groups excluding carboxylic acids is 2. The highest BCUT2D eigenvalue weighted by Crippen LogP contribution is 2.30. The summed E-state index contributed by atoms with van der Waals surface area (Å²) in [4.78, 5) is 23.9. The van der Waals surface area contributed by atoms with Crippen LogP contribution in [0.3, 0.4) is 0 Å². The van der Waals surface area contributed by atoms with Gasteiger partial charge >= 0.3 is 17.9 Å². The summed E-state index contributed by atoms with van der Waals surface area (Å²) in [5.74, 6) is -6.09. The van der Waals surface area contributed by atoms with E-state index < -0.39 is 36.6 Å². The highest BCUT2D eigenvalue weighted by atomic mass is 19.3. The largest absolute Gasteiger partial charge is 0.447 e. The fourth-order valence-corrected chi connectivity index (χ4v) is 2.30. The second-order valence-corrected chi connectivity index (χ2v) is 5.09. The Morgan fingerprint density at radius 1 is 1.41 bits per heavy atom. The van der Waals surface area contributed by atoms with E-state index in [0.29, 0.717) is 4.90 Å². The number of cyclic esters (lactones) is 1. The van der Waals surface area contributed by atoms with Crippen LogP contribution in [0.2, 0.25) is 0 Å². The first kappa shape index (κ1) is 16.3. The number of alkyl halides is 3. The topological polar surface area (TPSA) is 46.6 Å². The first-order valence-electron chi connectivity index (χ1n) is 6.94. The number of hydrogen-bond donors (Lipinski definition) is 0. The Labute approximate surface area is 125 Å². The summed E-state index contributed by atoms with van der Waals surface area (Å²) < 4.78 is 45.6. The molecule has 1 aromatic carbocycles. The maximum Gasteiger partial charge on any atom is 0.417 e. The van der Waals surface area contributed by atoms with Crippen molar-refractivity contribution < 1.29 is 27.5 Å². The summed E-state index contributed by atoms with van der Waals surface area (Å²) >= 11 is 0. The molecule has 2 rings (SSSR count). The standard InChI is InChI=1S/C15H16F3NO3/c1-2-12(16)15(17,18)13(20)19-11(9-22-14(19)21)8-10-6-4-3-5-7-10/h3-7,11-12H,2,8-9H2,1H3/t11-,12?/m0/s1. The van der Waals surface area contributed by atoms with Crippen molar-refractivity contribution in [1.82, 2.24) is 4.90 Å². The predicted octanol–water partition coefficient (Wildman–Crippen LogP) is 2.96. The molecule has 2 amide bonds. The highest BCUT2D eigenvalue weighted by Gasteiger charge is 2.54. The van der Waals surface area contributed by atoms with Crippen molar-refractivity contribution in [2.24, 2.45) is 0 Å². The van der Waals surface area contributed by atoms with Gasteiger partial charge in [-0.25, -0.2) is 14.1 Å². The third-order valence-electron chi connectivity index (χ3n) is 3.53. The molecule has 22 heavy (non-hydrogen) atoms. The van der Waals surface area contributed by atoms with Crippen molar-refractivity contribution >= 4 is 12.0 Å². The quantitative estimate of drug-likeness (QED) is 0.839. The van der Waals surface area contributed by atoms with E-state index >= 15 is 0 Å². The number of halogens is 3. The van der Waals surface area contributed by atoms with Crippen molar-refractivity contribution in [2.45, 2.75) is 37.9 Å². The summed E-state index contributed by atoms with van der Waals surface area (Å²) in [6, 6.07) is 7.91. The van der Waals surface area contributed by atoms with E-state index in [1.807, 2.05) is 0 Å². The molecule has 0 spiro atoms. The molecular weight excluding hydrogens is 299 g/mol. The number of rotatable bonds is 5. The molecule has 7 heteroatoms. The van der Waals surface area contributed by atoms with E-state index in [1.165, 1.54) is 6.92 Å². The Kier molecular flexibility index (Phi) is 4.73. The Hall–Kier alpha value is -2.05. The minimum atomic E-state index is -4.24. The second kappa shape index (κ2) is 6.37. The minimum Gasteiger partial charge on any atom is -0.447 e. The van der Waals surface area contributed by atoms with Crippen molar-refractivity contribution in [3.05, 3.63) is 35.9 Å². The Morgan fingerprint density at radius 2 is 2.05 bits per heavy atom. The van der Waals surface area contributed by atoms with Gasteiger partial charge in [0, 0.05) is 0 Å². The van der Waals surface area contributed by atoms with Crippen molar-refractivity contribution in [1.29, 1.82) is 0 Å². The normalized spacial score (nSPS) is 19.9. The lowest BCUT2D eigenvalue weighted by atomic mass is 10.0. The number of hydrogen-bond acceptors (Lipinski definition) is 3. The summed E-state index contributed by atoms with van der Waals surface area (Å²) in [5.41, 5.74) is 0.763. The molecular formula is C15H16F3NO3. The van der Waals surface area contributed by atoms with Gasteiger partial charge in [0.15, 0.2) is 6.17 Å². The highest BCUT2D eigenvalue weighted by molar-refractivity contribution is 5.97. The number of carbonyl (C=O) groups is 2. The van der Waals surface area contributed by atoms with Crippen LogP contribution < -0.4 is 0 Å². The zero-order valence-electron chi connectivity index (χ0n) is 12.0. The van der Waals surface area contributed by atoms with Gasteiger partial charge in [0.25, 0.3) is 0 Å². The smallest absolute Gasteiger partial charge is 0.417 e. The van der Waals surface area contributed by atoms with Crippen LogP contribution in [0.1, 0.15) is 18.9 Å². The summed E-state index contributed by atoms with van der Waals surface area (Å²) in [5, 5.41) is 0. The zero-order chi connectivity index (χ0) is 16.3. The van der Waals surface area contributed by atoms with Crippen LogP contribution in [-0.2, 0) is 16.0 Å². The lowest BCUT2D eigenvalue weighted by molar-refractivity contribution is -0.165. The van der Waals surface area contributed by atoms with Gasteiger partial charge in [0.2, 0.25) is 0 Å². The number of amides is 2. The van der Waals surface area contributed by atoms with Crippen LogP contribution in [0.15, 0.2) is 30.3 Å². The van der Waals surface area contributed by atoms with Crippen LogP contribution in [-0.4, -0.2) is 41.6 Å². The molecule has 0 bridgehead atoms. The molecule has 1 aromatic rings. The van der Waals surface area contributed by atoms with Crippen molar-refractivity contribution in [2.75, 3.05) is 6.61 Å². The molecule has 120 valence electrons. The van der Waals surface area contributed by atoms with Crippen LogP contribution in [0.25, 0.3) is 0 Å². The van der Waals surface area contributed by atoms with E-state index in [2.05, 4.69) is 0 Å². The first-order valence-corrected chi connectivity index (χ1v) is 6.94. The second-order valence-electron chi connectivity index (χ2n) is 5.09. The van der Waals surface area contributed by atoms with Gasteiger partial charge in [-0.1, -0.05) is 37.3 Å². The molecule has 2 atom stereocenters. The van der Waals surface area contributed by atoms with Gasteiger partial charge in [-0.15, -0.1) is 0 Å². The fraction of sp³-hybridized carbons (Fsp3) is 0.467. The zero-order valence-corrected chi connectivity index (χ0v) is 12.0. The SMILES string of the molecule is CCC(F)C(F)(F)C(=O)N1C(=O)OC[C@@H]1Cc1ccccc1. The molecule has 1 aliphatic heterocycles. The van der Waals surface area contributed by atoms with Crippen molar-refractivity contribution in [3.8, 4) is 0 Å². The van der Waals surface area contributed by atoms with E-state index in [0.717, 1.165) is 5.56 Å². The Bertz CT molecular complexity index is 550. The summed E-state index contributed by atoms with van der Waals surface area (Å²) in [7, 11) is 0. The molecule has 0 saturated carbocycles. The maximum atomic E-state index is 13.8. The average molecular weight is 315 g/mol. The van der Waals surface area contributed by atoms with Gasteiger partial charge in [0.05, 0.1) is 6.04 Å². The molecule has 4 nitrogen and oxygen atoms in total. The molecule has 0 aliphatic carbocycles. The van der Waals surface area contributed by atoms with E-state index in [4.69, 9.17) is 4.74 Å². The van der Waals surface area contributed by atoms with Gasteiger partial charge in [0.1, 0.15) is 6.61 Å². The van der Waals surface area contributed by atoms with E-state index in [-0.39, 0.29) is 13.0 Å². The van der Waals surface area contributed by atoms with E-state index in [9.17, 15) is 22.8 Å². The fourth-order valence-electron chi connectivity index (χ4n) is 2.30. The van der Waals surface area contributed by atoms with Gasteiger partial charge in [-0.2, -0.15) is 8.78 Å². The van der Waals surface area contributed by atoms with E-state index in [1.54, 1.807) is 30.3 Å². The number of ether oxygens (including phenoxy) is 1. The number of benzene rings is 1. The molecule has 0 aromatic heterocycles. The molecule has 0 N–H and O–H groups in total. The molecule has 1 saturated heterocycles. The molecule has 0 radical (unpaired) electrons. The predicted molar refractivity (Wildman–Crippen MR) is 72.3 cm³/mol. The van der Waals surface area contributed by atoms with Crippen LogP contribution in [0, 0.1) is 0 Å². The lowest BCUT2D eigenvalue weighted by Gasteiger charge is -2.26. The molecule has 1 aliphatic rings. The van der Waals surface area contributed by atoms with Gasteiger partial charge in [-0.05, 0) is 18.4 Å². The maximum absolute atomic E-state index is 13.8. The molecule has 1 unspecified atom stereocenters. The number of nitrogens with zero attached hydrogens (tertiary/aromatic N) is 1. The number of imide groups is 1. The van der Waals surface area contributed by atoms with Crippen LogP contribution in [0.5, 0.6) is 0 Å². The van der Waals surface area contributed by atoms with Gasteiger partial charge < -0.3 is 4.74 Å². The molecule has 1 fully saturated rings. The first-order chi connectivity index (χ1) is 10.4. The summed E-state index contributed by atoms with van der Waals surface area (Å²) in [6.07, 6.45) is -4.14. The van der Waals surface area contributed by atoms with Crippen LogP contribution >= 0.6 is 0 Å². The minimum absolute atomic E-state index is 0.178. The lowest BCUT2D eigenvalue weighted by Crippen LogP contribution is -2.52. The third-order valence-corrected chi connectivity index (χ3v) is 3.53. The average Bonchev–Trinajstić information content (AvgIpc) is 2.87. The van der Waals surface area contributed by atoms with Crippen LogP contribution in [0.4, 0.5) is 18.0 Å². The van der Waals surface area contributed by atoms with Gasteiger partial charge in [-0.3, -0.25) is 4.79 Å².